The van der Waals surface area contributed by atoms with Gasteiger partial charge in [-0.3, -0.25) is 4.68 Å². The normalized spacial score (nSPS) is 10.7. The molecule has 0 radical (unpaired) electrons. The van der Waals surface area contributed by atoms with Gasteiger partial charge in [-0.1, -0.05) is 12.1 Å². The summed E-state index contributed by atoms with van der Waals surface area (Å²) in [6, 6.07) is 11.7. The standard InChI is InChI=1S/C19H19N5O/c1-12(2)25-18-7-5-4-6-14(18)17-8-15(13-10-22-24(3)11-13)16(9-20)19(21)23-17/h4-8,10-12H,1-3H3,(H2,21,23). The van der Waals surface area contributed by atoms with E-state index in [1.807, 2.05) is 57.4 Å². The summed E-state index contributed by atoms with van der Waals surface area (Å²) in [7, 11) is 1.83. The molecule has 0 bridgehead atoms. The van der Waals surface area contributed by atoms with Crippen molar-refractivity contribution in [1.29, 1.82) is 5.26 Å². The highest BCUT2D eigenvalue weighted by molar-refractivity contribution is 5.81. The van der Waals surface area contributed by atoms with Crippen molar-refractivity contribution >= 4 is 5.82 Å². The molecule has 2 heterocycles. The molecule has 0 unspecified atom stereocenters. The molecule has 126 valence electrons. The van der Waals surface area contributed by atoms with Crippen molar-refractivity contribution in [2.45, 2.75) is 20.0 Å². The summed E-state index contributed by atoms with van der Waals surface area (Å²) in [5.74, 6) is 0.921. The van der Waals surface area contributed by atoms with Crippen LogP contribution in [0.1, 0.15) is 19.4 Å². The molecule has 6 nitrogen and oxygen atoms in total. The van der Waals surface area contributed by atoms with Gasteiger partial charge in [-0.25, -0.2) is 4.98 Å². The van der Waals surface area contributed by atoms with Crippen LogP contribution in [0.25, 0.3) is 22.4 Å². The second-order valence-electron chi connectivity index (χ2n) is 5.99. The lowest BCUT2D eigenvalue weighted by molar-refractivity contribution is 0.243. The van der Waals surface area contributed by atoms with E-state index in [-0.39, 0.29) is 11.9 Å². The Morgan fingerprint density at radius 1 is 1.24 bits per heavy atom. The zero-order valence-electron chi connectivity index (χ0n) is 14.4. The zero-order chi connectivity index (χ0) is 18.0. The van der Waals surface area contributed by atoms with Crippen molar-refractivity contribution in [2.24, 2.45) is 7.05 Å². The minimum atomic E-state index is 0.0367. The Hall–Kier alpha value is -3.33. The monoisotopic (exact) mass is 333 g/mol. The van der Waals surface area contributed by atoms with Gasteiger partial charge in [-0.15, -0.1) is 0 Å². The largest absolute Gasteiger partial charge is 0.490 e. The van der Waals surface area contributed by atoms with E-state index in [0.29, 0.717) is 16.8 Å². The number of hydrogen-bond acceptors (Lipinski definition) is 5. The van der Waals surface area contributed by atoms with Gasteiger partial charge in [-0.05, 0) is 32.0 Å². The Bertz CT molecular complexity index is 953. The molecule has 6 heteroatoms. The molecule has 0 amide bonds. The fraction of sp³-hybridized carbons (Fsp3) is 0.211. The summed E-state index contributed by atoms with van der Waals surface area (Å²) in [5.41, 5.74) is 9.42. The van der Waals surface area contributed by atoms with Gasteiger partial charge in [0, 0.05) is 29.9 Å². The van der Waals surface area contributed by atoms with Gasteiger partial charge in [-0.2, -0.15) is 10.4 Å². The smallest absolute Gasteiger partial charge is 0.142 e. The van der Waals surface area contributed by atoms with Gasteiger partial charge in [0.25, 0.3) is 0 Å². The average molecular weight is 333 g/mol. The first-order chi connectivity index (χ1) is 12.0. The van der Waals surface area contributed by atoms with Gasteiger partial charge in [0.15, 0.2) is 0 Å². The Labute approximate surface area is 146 Å². The number of rotatable bonds is 4. The van der Waals surface area contributed by atoms with Crippen LogP contribution in [0.4, 0.5) is 5.82 Å². The molecule has 1 aromatic carbocycles. The third-order valence-corrected chi connectivity index (χ3v) is 3.70. The lowest BCUT2D eigenvalue weighted by Gasteiger charge is -2.15. The molecule has 3 aromatic rings. The van der Waals surface area contributed by atoms with Gasteiger partial charge in [0.05, 0.1) is 18.0 Å². The van der Waals surface area contributed by atoms with E-state index in [1.165, 1.54) is 0 Å². The van der Waals surface area contributed by atoms with Gasteiger partial charge >= 0.3 is 0 Å². The van der Waals surface area contributed by atoms with E-state index < -0.39 is 0 Å². The topological polar surface area (TPSA) is 89.8 Å². The van der Waals surface area contributed by atoms with Crippen LogP contribution >= 0.6 is 0 Å². The van der Waals surface area contributed by atoms with Crippen LogP contribution in [-0.2, 0) is 7.05 Å². The van der Waals surface area contributed by atoms with Crippen molar-refractivity contribution in [3.8, 4) is 34.2 Å². The Morgan fingerprint density at radius 3 is 2.64 bits per heavy atom. The maximum absolute atomic E-state index is 9.48. The molecule has 0 aliphatic heterocycles. The Morgan fingerprint density at radius 2 is 2.00 bits per heavy atom. The van der Waals surface area contributed by atoms with Gasteiger partial charge in [0.2, 0.25) is 0 Å². The van der Waals surface area contributed by atoms with Crippen molar-refractivity contribution in [1.82, 2.24) is 14.8 Å². The first-order valence-electron chi connectivity index (χ1n) is 7.95. The predicted molar refractivity (Wildman–Crippen MR) is 96.8 cm³/mol. The molecule has 0 saturated carbocycles. The van der Waals surface area contributed by atoms with E-state index in [1.54, 1.807) is 10.9 Å². The number of nitrogen functional groups attached to an aromatic ring is 1. The van der Waals surface area contributed by atoms with Crippen LogP contribution in [0.5, 0.6) is 5.75 Å². The quantitative estimate of drug-likeness (QED) is 0.790. The fourth-order valence-corrected chi connectivity index (χ4v) is 2.64. The summed E-state index contributed by atoms with van der Waals surface area (Å²) >= 11 is 0. The third kappa shape index (κ3) is 3.31. The fourth-order valence-electron chi connectivity index (χ4n) is 2.64. The number of nitriles is 1. The molecule has 25 heavy (non-hydrogen) atoms. The molecular formula is C19H19N5O. The van der Waals surface area contributed by atoms with Crippen molar-refractivity contribution < 1.29 is 4.74 Å². The summed E-state index contributed by atoms with van der Waals surface area (Å²) in [6.45, 7) is 3.94. The molecule has 0 spiro atoms. The van der Waals surface area contributed by atoms with Crippen LogP contribution < -0.4 is 10.5 Å². The summed E-state index contributed by atoms with van der Waals surface area (Å²) < 4.78 is 7.57. The molecule has 3 rings (SSSR count). The zero-order valence-corrected chi connectivity index (χ0v) is 14.4. The predicted octanol–water partition coefficient (Wildman–Crippen LogP) is 3.39. The molecular weight excluding hydrogens is 314 g/mol. The second-order valence-corrected chi connectivity index (χ2v) is 5.99. The first-order valence-corrected chi connectivity index (χ1v) is 7.95. The van der Waals surface area contributed by atoms with Gasteiger partial charge in [0.1, 0.15) is 23.2 Å². The maximum Gasteiger partial charge on any atom is 0.142 e. The number of anilines is 1. The molecule has 0 aliphatic rings. The summed E-state index contributed by atoms with van der Waals surface area (Å²) in [4.78, 5) is 4.42. The molecule has 2 aromatic heterocycles. The lowest BCUT2D eigenvalue weighted by atomic mass is 10.0. The van der Waals surface area contributed by atoms with Crippen LogP contribution in [0.15, 0.2) is 42.7 Å². The van der Waals surface area contributed by atoms with Crippen molar-refractivity contribution in [2.75, 3.05) is 5.73 Å². The number of aromatic nitrogens is 3. The third-order valence-electron chi connectivity index (χ3n) is 3.70. The van der Waals surface area contributed by atoms with Crippen LogP contribution in [0.3, 0.4) is 0 Å². The highest BCUT2D eigenvalue weighted by Gasteiger charge is 2.16. The number of ether oxygens (including phenoxy) is 1. The number of pyridine rings is 1. The van der Waals surface area contributed by atoms with Crippen molar-refractivity contribution in [3.05, 3.63) is 48.3 Å². The minimum absolute atomic E-state index is 0.0367. The number of para-hydroxylation sites is 1. The van der Waals surface area contributed by atoms with E-state index in [0.717, 1.165) is 16.9 Å². The Balaban J connectivity index is 2.20. The summed E-state index contributed by atoms with van der Waals surface area (Å²) in [5, 5.41) is 13.7. The van der Waals surface area contributed by atoms with Crippen molar-refractivity contribution in [3.63, 3.8) is 0 Å². The SMILES string of the molecule is CC(C)Oc1ccccc1-c1cc(-c2cnn(C)c2)c(C#N)c(N)n1. The van der Waals surface area contributed by atoms with Crippen LogP contribution in [0, 0.1) is 11.3 Å². The number of benzene rings is 1. The number of nitrogens with zero attached hydrogens (tertiary/aromatic N) is 4. The van der Waals surface area contributed by atoms with Crippen LogP contribution in [0.2, 0.25) is 0 Å². The molecule has 0 atom stereocenters. The van der Waals surface area contributed by atoms with Gasteiger partial charge < -0.3 is 10.5 Å². The van der Waals surface area contributed by atoms with E-state index in [9.17, 15) is 5.26 Å². The molecule has 0 aliphatic carbocycles. The van der Waals surface area contributed by atoms with E-state index in [4.69, 9.17) is 10.5 Å². The molecule has 0 saturated heterocycles. The Kier molecular flexibility index (Phi) is 4.40. The molecule has 2 N–H and O–H groups in total. The number of nitrogens with two attached hydrogens (primary N) is 1. The number of aryl methyl sites for hydroxylation is 1. The second kappa shape index (κ2) is 6.65. The van der Waals surface area contributed by atoms with E-state index in [2.05, 4.69) is 16.2 Å². The number of hydrogen-bond donors (Lipinski definition) is 1. The highest BCUT2D eigenvalue weighted by atomic mass is 16.5. The minimum Gasteiger partial charge on any atom is -0.490 e. The van der Waals surface area contributed by atoms with E-state index >= 15 is 0 Å². The first kappa shape index (κ1) is 16.5. The van der Waals surface area contributed by atoms with Crippen LogP contribution in [-0.4, -0.2) is 20.9 Å². The summed E-state index contributed by atoms with van der Waals surface area (Å²) in [6.07, 6.45) is 3.58. The molecule has 0 fully saturated rings. The highest BCUT2D eigenvalue weighted by Crippen LogP contribution is 2.35. The lowest BCUT2D eigenvalue weighted by Crippen LogP contribution is -2.07. The maximum atomic E-state index is 9.48. The average Bonchev–Trinajstić information content (AvgIpc) is 3.00.